The SMILES string of the molecule is Cc1ccc2c(c1)c1ccc(C)cc1n2-c1cccc2c1oc1c(C#N)cc(-c3ccc4oc5ccccc5c4c3)cc12. The minimum absolute atomic E-state index is 0.514. The molecule has 0 saturated carbocycles. The molecular weight excluding hydrogens is 528 g/mol. The van der Waals surface area contributed by atoms with Crippen LogP contribution in [0.3, 0.4) is 0 Å². The maximum Gasteiger partial charge on any atom is 0.159 e. The molecule has 43 heavy (non-hydrogen) atoms. The van der Waals surface area contributed by atoms with Crippen molar-refractivity contribution < 1.29 is 8.83 Å². The molecule has 9 aromatic rings. The van der Waals surface area contributed by atoms with Crippen LogP contribution >= 0.6 is 0 Å². The van der Waals surface area contributed by atoms with Crippen molar-refractivity contribution in [2.75, 3.05) is 0 Å². The Labute approximate surface area is 246 Å². The third-order valence-corrected chi connectivity index (χ3v) is 8.73. The first-order valence-electron chi connectivity index (χ1n) is 14.4. The van der Waals surface area contributed by atoms with Crippen LogP contribution in [0, 0.1) is 25.2 Å². The molecule has 0 spiro atoms. The molecule has 0 N–H and O–H groups in total. The van der Waals surface area contributed by atoms with Crippen LogP contribution in [0.5, 0.6) is 0 Å². The van der Waals surface area contributed by atoms with Crippen LogP contribution in [0.15, 0.2) is 118 Å². The molecular formula is C39H24N2O2. The molecule has 0 radical (unpaired) electrons. The molecule has 0 fully saturated rings. The Bertz CT molecular complexity index is 2660. The van der Waals surface area contributed by atoms with E-state index in [1.807, 2.05) is 30.3 Å². The lowest BCUT2D eigenvalue weighted by Gasteiger charge is -2.09. The first-order chi connectivity index (χ1) is 21.1. The molecule has 202 valence electrons. The van der Waals surface area contributed by atoms with E-state index in [9.17, 15) is 5.26 Å². The molecule has 9 rings (SSSR count). The molecule has 3 aromatic heterocycles. The van der Waals surface area contributed by atoms with Crippen molar-refractivity contribution in [1.82, 2.24) is 4.57 Å². The molecule has 0 amide bonds. The third kappa shape index (κ3) is 3.37. The molecule has 0 aliphatic rings. The van der Waals surface area contributed by atoms with E-state index in [1.54, 1.807) is 0 Å². The van der Waals surface area contributed by atoms with Gasteiger partial charge >= 0.3 is 0 Å². The van der Waals surface area contributed by atoms with Gasteiger partial charge < -0.3 is 13.4 Å². The lowest BCUT2D eigenvalue weighted by Crippen LogP contribution is -1.94. The van der Waals surface area contributed by atoms with Crippen LogP contribution in [0.25, 0.3) is 82.5 Å². The summed E-state index contributed by atoms with van der Waals surface area (Å²) < 4.78 is 15.0. The fourth-order valence-corrected chi connectivity index (χ4v) is 6.72. The van der Waals surface area contributed by atoms with E-state index in [0.29, 0.717) is 11.1 Å². The lowest BCUT2D eigenvalue weighted by molar-refractivity contribution is 0.665. The highest BCUT2D eigenvalue weighted by molar-refractivity contribution is 6.14. The van der Waals surface area contributed by atoms with Gasteiger partial charge in [0.05, 0.1) is 22.3 Å². The van der Waals surface area contributed by atoms with Crippen molar-refractivity contribution >= 4 is 65.7 Å². The quantitative estimate of drug-likeness (QED) is 0.214. The number of aryl methyl sites for hydroxylation is 2. The number of para-hydroxylation sites is 2. The van der Waals surface area contributed by atoms with Gasteiger partial charge in [0.15, 0.2) is 11.2 Å². The Morgan fingerprint density at radius 1 is 0.535 bits per heavy atom. The summed E-state index contributed by atoms with van der Waals surface area (Å²) in [5.41, 5.74) is 11.2. The molecule has 0 aliphatic carbocycles. The zero-order valence-electron chi connectivity index (χ0n) is 23.6. The van der Waals surface area contributed by atoms with Crippen molar-refractivity contribution in [3.8, 4) is 22.9 Å². The monoisotopic (exact) mass is 552 g/mol. The van der Waals surface area contributed by atoms with E-state index in [4.69, 9.17) is 8.83 Å². The summed E-state index contributed by atoms with van der Waals surface area (Å²) in [7, 11) is 0. The average Bonchev–Trinajstić information content (AvgIpc) is 3.69. The second kappa shape index (κ2) is 8.61. The summed E-state index contributed by atoms with van der Waals surface area (Å²) in [5, 5.41) is 16.7. The second-order valence-corrected chi connectivity index (χ2v) is 11.5. The van der Waals surface area contributed by atoms with E-state index in [-0.39, 0.29) is 0 Å². The normalized spacial score (nSPS) is 11.9. The Balaban J connectivity index is 1.32. The van der Waals surface area contributed by atoms with Crippen LogP contribution in [0.2, 0.25) is 0 Å². The van der Waals surface area contributed by atoms with E-state index in [0.717, 1.165) is 66.1 Å². The van der Waals surface area contributed by atoms with E-state index < -0.39 is 0 Å². The molecule has 0 saturated heterocycles. The highest BCUT2D eigenvalue weighted by Gasteiger charge is 2.20. The number of fused-ring (bicyclic) bond motifs is 9. The topological polar surface area (TPSA) is 55.0 Å². The summed E-state index contributed by atoms with van der Waals surface area (Å²) in [6.45, 7) is 4.25. The number of aromatic nitrogens is 1. The fraction of sp³-hybridized carbons (Fsp3) is 0.0513. The largest absolute Gasteiger partial charge is 0.456 e. The van der Waals surface area contributed by atoms with Gasteiger partial charge in [-0.3, -0.25) is 0 Å². The number of benzene rings is 6. The van der Waals surface area contributed by atoms with Crippen molar-refractivity contribution in [2.45, 2.75) is 13.8 Å². The maximum absolute atomic E-state index is 10.3. The highest BCUT2D eigenvalue weighted by atomic mass is 16.3. The van der Waals surface area contributed by atoms with Gasteiger partial charge in [-0.1, -0.05) is 60.2 Å². The summed E-state index contributed by atoms with van der Waals surface area (Å²) in [6.07, 6.45) is 0. The zero-order chi connectivity index (χ0) is 28.8. The molecule has 0 atom stereocenters. The zero-order valence-corrected chi connectivity index (χ0v) is 23.6. The molecule has 4 nitrogen and oxygen atoms in total. The number of hydrogen-bond donors (Lipinski definition) is 0. The summed E-state index contributed by atoms with van der Waals surface area (Å²) in [6, 6.07) is 40.3. The number of furan rings is 2. The van der Waals surface area contributed by atoms with Gasteiger partial charge in [0, 0.05) is 32.3 Å². The Morgan fingerprint density at radius 3 is 2.23 bits per heavy atom. The predicted molar refractivity (Wildman–Crippen MR) is 175 cm³/mol. The van der Waals surface area contributed by atoms with Crippen molar-refractivity contribution in [1.29, 1.82) is 5.26 Å². The molecule has 6 aromatic carbocycles. The number of nitrogens with zero attached hydrogens (tertiary/aromatic N) is 2. The van der Waals surface area contributed by atoms with Crippen LogP contribution < -0.4 is 0 Å². The standard InChI is InChI=1S/C39H24N2O2/c1-22-11-14-33-30(16-22)27-13-10-23(2)17-35(27)41(33)34-8-5-7-29-32-20-25(18-26(21-40)38(32)43-39(29)34)24-12-15-37-31(19-24)28-6-3-4-9-36(28)42-37/h3-20H,1-2H3. The van der Waals surface area contributed by atoms with Crippen LogP contribution in [-0.4, -0.2) is 4.57 Å². The number of rotatable bonds is 2. The van der Waals surface area contributed by atoms with Crippen molar-refractivity contribution in [2.24, 2.45) is 0 Å². The van der Waals surface area contributed by atoms with E-state index in [1.165, 1.54) is 21.9 Å². The second-order valence-electron chi connectivity index (χ2n) is 11.5. The molecule has 3 heterocycles. The maximum atomic E-state index is 10.3. The van der Waals surface area contributed by atoms with Gasteiger partial charge in [-0.05, 0) is 85.1 Å². The first-order valence-corrected chi connectivity index (χ1v) is 14.4. The first kappa shape index (κ1) is 23.9. The van der Waals surface area contributed by atoms with Gasteiger partial charge in [-0.2, -0.15) is 5.26 Å². The van der Waals surface area contributed by atoms with Gasteiger partial charge in [0.2, 0.25) is 0 Å². The Morgan fingerprint density at radius 2 is 1.33 bits per heavy atom. The smallest absolute Gasteiger partial charge is 0.159 e. The number of nitriles is 1. The predicted octanol–water partition coefficient (Wildman–Crippen LogP) is 10.7. The Hall–Kier alpha value is -5.79. The van der Waals surface area contributed by atoms with Crippen LogP contribution in [-0.2, 0) is 0 Å². The minimum atomic E-state index is 0.514. The van der Waals surface area contributed by atoms with Crippen LogP contribution in [0.1, 0.15) is 16.7 Å². The molecule has 0 bridgehead atoms. The van der Waals surface area contributed by atoms with Gasteiger partial charge in [-0.25, -0.2) is 0 Å². The minimum Gasteiger partial charge on any atom is -0.456 e. The van der Waals surface area contributed by atoms with Gasteiger partial charge in [0.25, 0.3) is 0 Å². The van der Waals surface area contributed by atoms with Crippen molar-refractivity contribution in [3.05, 3.63) is 126 Å². The summed E-state index contributed by atoms with van der Waals surface area (Å²) >= 11 is 0. The molecule has 0 aliphatic heterocycles. The molecule has 0 unspecified atom stereocenters. The molecule has 4 heteroatoms. The number of hydrogen-bond acceptors (Lipinski definition) is 3. The Kier molecular flexibility index (Phi) is 4.78. The van der Waals surface area contributed by atoms with Gasteiger partial charge in [0.1, 0.15) is 17.2 Å². The van der Waals surface area contributed by atoms with Gasteiger partial charge in [-0.15, -0.1) is 0 Å². The lowest BCUT2D eigenvalue weighted by atomic mass is 9.98. The average molecular weight is 553 g/mol. The third-order valence-electron chi connectivity index (χ3n) is 8.73. The van der Waals surface area contributed by atoms with Crippen molar-refractivity contribution in [3.63, 3.8) is 0 Å². The summed E-state index contributed by atoms with van der Waals surface area (Å²) in [4.78, 5) is 0. The van der Waals surface area contributed by atoms with E-state index in [2.05, 4.69) is 103 Å². The highest BCUT2D eigenvalue weighted by Crippen LogP contribution is 2.41. The van der Waals surface area contributed by atoms with E-state index >= 15 is 0 Å². The fourth-order valence-electron chi connectivity index (χ4n) is 6.72. The summed E-state index contributed by atoms with van der Waals surface area (Å²) in [5.74, 6) is 0. The van der Waals surface area contributed by atoms with Crippen LogP contribution in [0.4, 0.5) is 0 Å².